The first-order valence-electron chi connectivity index (χ1n) is 9.91. The zero-order chi connectivity index (χ0) is 20.2. The van der Waals surface area contributed by atoms with Crippen LogP contribution in [-0.4, -0.2) is 55.9 Å². The number of nitrogens with zero attached hydrogens (tertiary/aromatic N) is 2. The summed E-state index contributed by atoms with van der Waals surface area (Å²) in [6, 6.07) is 7.51. The van der Waals surface area contributed by atoms with E-state index in [4.69, 9.17) is 18.9 Å². The van der Waals surface area contributed by atoms with Crippen molar-refractivity contribution in [1.82, 2.24) is 9.88 Å². The lowest BCUT2D eigenvalue weighted by Crippen LogP contribution is -2.36. The summed E-state index contributed by atoms with van der Waals surface area (Å²) < 4.78 is 22.0. The average Bonchev–Trinajstić information content (AvgIpc) is 2.78. The molecule has 0 atom stereocenters. The molecule has 3 heterocycles. The van der Waals surface area contributed by atoms with Gasteiger partial charge in [-0.15, -0.1) is 0 Å². The lowest BCUT2D eigenvalue weighted by Gasteiger charge is -2.29. The Kier molecular flexibility index (Phi) is 5.85. The molecule has 4 rings (SSSR count). The Morgan fingerprint density at radius 2 is 1.83 bits per heavy atom. The molecule has 2 aromatic rings. The number of methoxy groups -OCH3 is 2. The van der Waals surface area contributed by atoms with Gasteiger partial charge in [-0.3, -0.25) is 4.79 Å². The highest BCUT2D eigenvalue weighted by molar-refractivity contribution is 5.94. The van der Waals surface area contributed by atoms with E-state index in [1.165, 1.54) is 5.56 Å². The van der Waals surface area contributed by atoms with Gasteiger partial charge in [0.05, 0.1) is 33.0 Å². The molecule has 7 nitrogen and oxygen atoms in total. The minimum Gasteiger partial charge on any atom is -0.493 e. The lowest BCUT2D eigenvalue weighted by atomic mass is 9.98. The number of hydrogen-bond donors (Lipinski definition) is 0. The number of fused-ring (bicyclic) bond motifs is 1. The van der Waals surface area contributed by atoms with Crippen molar-refractivity contribution >= 4 is 5.91 Å². The molecule has 1 saturated heterocycles. The third-order valence-corrected chi connectivity index (χ3v) is 5.44. The van der Waals surface area contributed by atoms with Gasteiger partial charge in [-0.25, -0.2) is 4.98 Å². The second-order valence-corrected chi connectivity index (χ2v) is 7.27. The van der Waals surface area contributed by atoms with Gasteiger partial charge >= 0.3 is 0 Å². The molecule has 2 aliphatic rings. The number of amides is 1. The Morgan fingerprint density at radius 1 is 1.10 bits per heavy atom. The third-order valence-electron chi connectivity index (χ3n) is 5.44. The van der Waals surface area contributed by atoms with Crippen LogP contribution in [0.4, 0.5) is 0 Å². The van der Waals surface area contributed by atoms with Crippen LogP contribution < -0.4 is 14.2 Å². The number of carbonyl (C=O) groups is 1. The first-order chi connectivity index (χ1) is 14.2. The Morgan fingerprint density at radius 3 is 2.48 bits per heavy atom. The highest BCUT2D eigenvalue weighted by Crippen LogP contribution is 2.33. The van der Waals surface area contributed by atoms with E-state index in [-0.39, 0.29) is 12.0 Å². The normalized spacial score (nSPS) is 16.8. The van der Waals surface area contributed by atoms with Gasteiger partial charge in [0.25, 0.3) is 5.91 Å². The van der Waals surface area contributed by atoms with Crippen molar-refractivity contribution < 1.29 is 23.7 Å². The number of ether oxygens (including phenoxy) is 4. The second-order valence-electron chi connectivity index (χ2n) is 7.27. The fraction of sp³-hybridized carbons (Fsp3) is 0.455. The molecule has 0 aliphatic carbocycles. The Balaban J connectivity index is 1.43. The maximum absolute atomic E-state index is 13.0. The number of rotatable bonds is 5. The second kappa shape index (κ2) is 8.69. The predicted octanol–water partition coefficient (Wildman–Crippen LogP) is 2.86. The van der Waals surface area contributed by atoms with E-state index in [9.17, 15) is 4.79 Å². The van der Waals surface area contributed by atoms with Gasteiger partial charge in [-0.05, 0) is 35.7 Å². The first-order valence-corrected chi connectivity index (χ1v) is 9.91. The first kappa shape index (κ1) is 19.5. The van der Waals surface area contributed by atoms with E-state index >= 15 is 0 Å². The van der Waals surface area contributed by atoms with Crippen LogP contribution in [0.2, 0.25) is 0 Å². The van der Waals surface area contributed by atoms with Crippen LogP contribution in [0.1, 0.15) is 34.3 Å². The molecule has 2 aliphatic heterocycles. The van der Waals surface area contributed by atoms with Gasteiger partial charge in [0.2, 0.25) is 5.88 Å². The fourth-order valence-corrected chi connectivity index (χ4v) is 3.78. The molecule has 0 saturated carbocycles. The molecule has 154 valence electrons. The average molecular weight is 398 g/mol. The van der Waals surface area contributed by atoms with Crippen LogP contribution >= 0.6 is 0 Å². The molecular formula is C22H26N2O5. The highest BCUT2D eigenvalue weighted by atomic mass is 16.5. The van der Waals surface area contributed by atoms with Gasteiger partial charge in [0, 0.05) is 38.2 Å². The smallest absolute Gasteiger partial charge is 0.255 e. The zero-order valence-electron chi connectivity index (χ0n) is 16.8. The van der Waals surface area contributed by atoms with Crippen LogP contribution in [-0.2, 0) is 17.7 Å². The minimum absolute atomic E-state index is 0.0319. The van der Waals surface area contributed by atoms with Crippen molar-refractivity contribution in [3.8, 4) is 17.4 Å². The quantitative estimate of drug-likeness (QED) is 0.771. The molecule has 1 aromatic heterocycles. The molecule has 1 amide bonds. The monoisotopic (exact) mass is 398 g/mol. The van der Waals surface area contributed by atoms with Gasteiger partial charge in [-0.2, -0.15) is 0 Å². The lowest BCUT2D eigenvalue weighted by molar-refractivity contribution is 0.0237. The Bertz CT molecular complexity index is 862. The van der Waals surface area contributed by atoms with Crippen molar-refractivity contribution in [2.45, 2.75) is 31.9 Å². The number of benzene rings is 1. The summed E-state index contributed by atoms with van der Waals surface area (Å²) in [6.45, 7) is 2.62. The summed E-state index contributed by atoms with van der Waals surface area (Å²) >= 11 is 0. The molecule has 0 unspecified atom stereocenters. The predicted molar refractivity (Wildman–Crippen MR) is 107 cm³/mol. The molecule has 29 heavy (non-hydrogen) atoms. The van der Waals surface area contributed by atoms with Gasteiger partial charge in [0.15, 0.2) is 11.5 Å². The van der Waals surface area contributed by atoms with Crippen molar-refractivity contribution in [2.24, 2.45) is 0 Å². The van der Waals surface area contributed by atoms with Crippen LogP contribution in [0.5, 0.6) is 17.4 Å². The number of carbonyl (C=O) groups excluding carboxylic acids is 1. The van der Waals surface area contributed by atoms with Crippen LogP contribution in [0.15, 0.2) is 30.5 Å². The van der Waals surface area contributed by atoms with Gasteiger partial charge in [0.1, 0.15) is 6.10 Å². The molecule has 1 fully saturated rings. The van der Waals surface area contributed by atoms with Gasteiger partial charge in [-0.1, -0.05) is 0 Å². The molecule has 1 aromatic carbocycles. The molecule has 7 heteroatoms. The summed E-state index contributed by atoms with van der Waals surface area (Å²) in [7, 11) is 3.25. The van der Waals surface area contributed by atoms with Crippen LogP contribution in [0, 0.1) is 0 Å². The number of pyridine rings is 1. The number of aromatic nitrogens is 1. The standard InChI is InChI=1S/C22H26N2O5/c1-26-19-11-15-5-8-24(14-17(15)12-20(19)27-2)22(25)16-3-4-21(23-13-16)29-18-6-9-28-10-7-18/h3-4,11-13,18H,5-10,14H2,1-2H3. The van der Waals surface area contributed by atoms with E-state index in [2.05, 4.69) is 4.98 Å². The zero-order valence-corrected chi connectivity index (χ0v) is 16.8. The third kappa shape index (κ3) is 4.29. The van der Waals surface area contributed by atoms with Crippen molar-refractivity contribution in [3.05, 3.63) is 47.2 Å². The Hall–Kier alpha value is -2.80. The van der Waals surface area contributed by atoms with Crippen LogP contribution in [0.25, 0.3) is 0 Å². The molecular weight excluding hydrogens is 372 g/mol. The summed E-state index contributed by atoms with van der Waals surface area (Å²) in [6.07, 6.45) is 4.23. The Labute approximate surface area is 170 Å². The van der Waals surface area contributed by atoms with Crippen molar-refractivity contribution in [3.63, 3.8) is 0 Å². The fourth-order valence-electron chi connectivity index (χ4n) is 3.78. The van der Waals surface area contributed by atoms with Gasteiger partial charge < -0.3 is 23.8 Å². The van der Waals surface area contributed by atoms with E-state index in [0.717, 1.165) is 30.6 Å². The van der Waals surface area contributed by atoms with Crippen LogP contribution in [0.3, 0.4) is 0 Å². The van der Waals surface area contributed by atoms with Crippen molar-refractivity contribution in [2.75, 3.05) is 34.0 Å². The van der Waals surface area contributed by atoms with Crippen molar-refractivity contribution in [1.29, 1.82) is 0 Å². The summed E-state index contributed by atoms with van der Waals surface area (Å²) in [5.74, 6) is 1.91. The number of hydrogen-bond acceptors (Lipinski definition) is 6. The van der Waals surface area contributed by atoms with E-state index in [1.54, 1.807) is 32.5 Å². The molecule has 0 spiro atoms. The maximum atomic E-state index is 13.0. The summed E-state index contributed by atoms with van der Waals surface area (Å²) in [4.78, 5) is 19.1. The SMILES string of the molecule is COc1cc2c(cc1OC)CN(C(=O)c1ccc(OC3CCOCC3)nc1)CC2. The topological polar surface area (TPSA) is 70.1 Å². The molecule has 0 bridgehead atoms. The highest BCUT2D eigenvalue weighted by Gasteiger charge is 2.24. The van der Waals surface area contributed by atoms with E-state index < -0.39 is 0 Å². The van der Waals surface area contributed by atoms with E-state index in [0.29, 0.717) is 43.5 Å². The largest absolute Gasteiger partial charge is 0.493 e. The van der Waals surface area contributed by atoms with E-state index in [1.807, 2.05) is 17.0 Å². The molecule has 0 radical (unpaired) electrons. The maximum Gasteiger partial charge on any atom is 0.255 e. The molecule has 0 N–H and O–H groups in total. The minimum atomic E-state index is -0.0319. The summed E-state index contributed by atoms with van der Waals surface area (Å²) in [5.41, 5.74) is 2.83. The summed E-state index contributed by atoms with van der Waals surface area (Å²) in [5, 5.41) is 0.